The van der Waals surface area contributed by atoms with E-state index in [0.717, 1.165) is 6.26 Å². The largest absolute Gasteiger partial charge is 0.498 e. The summed E-state index contributed by atoms with van der Waals surface area (Å²) in [6.07, 6.45) is -10.8. The Kier molecular flexibility index (Phi) is 2.69. The van der Waals surface area contributed by atoms with Gasteiger partial charge in [-0.25, -0.2) is 0 Å². The van der Waals surface area contributed by atoms with Crippen molar-refractivity contribution in [3.63, 3.8) is 0 Å². The van der Waals surface area contributed by atoms with E-state index in [4.69, 9.17) is 4.74 Å². The highest BCUT2D eigenvalue weighted by molar-refractivity contribution is 5.21. The maximum absolute atomic E-state index is 13.0. The van der Waals surface area contributed by atoms with Crippen LogP contribution < -0.4 is 0 Å². The summed E-state index contributed by atoms with van der Waals surface area (Å²) in [5, 5.41) is 0. The van der Waals surface area contributed by atoms with Gasteiger partial charge in [0.05, 0.1) is 12.4 Å². The van der Waals surface area contributed by atoms with E-state index in [1.54, 1.807) is 0 Å². The molecule has 2 nitrogen and oxygen atoms in total. The van der Waals surface area contributed by atoms with Crippen molar-refractivity contribution in [3.8, 4) is 0 Å². The number of alkyl halides is 6. The van der Waals surface area contributed by atoms with Gasteiger partial charge in [-0.1, -0.05) is 6.58 Å². The molecule has 2 saturated carbocycles. The lowest BCUT2D eigenvalue weighted by molar-refractivity contribution is -0.473. The highest BCUT2D eigenvalue weighted by atomic mass is 19.4. The van der Waals surface area contributed by atoms with Gasteiger partial charge in [-0.05, 0) is 18.8 Å². The van der Waals surface area contributed by atoms with Crippen LogP contribution in [0.15, 0.2) is 12.8 Å². The van der Waals surface area contributed by atoms with E-state index in [-0.39, 0.29) is 12.3 Å². The van der Waals surface area contributed by atoms with Crippen molar-refractivity contribution in [2.24, 2.45) is 17.8 Å². The molecule has 2 bridgehead atoms. The molecule has 0 spiro atoms. The van der Waals surface area contributed by atoms with E-state index >= 15 is 0 Å². The van der Waals surface area contributed by atoms with Crippen LogP contribution in [-0.2, 0) is 9.47 Å². The van der Waals surface area contributed by atoms with Crippen molar-refractivity contribution in [1.29, 1.82) is 0 Å². The van der Waals surface area contributed by atoms with Crippen molar-refractivity contribution in [2.45, 2.75) is 43.0 Å². The van der Waals surface area contributed by atoms with Crippen molar-refractivity contribution >= 4 is 0 Å². The van der Waals surface area contributed by atoms with Crippen LogP contribution in [0.1, 0.15) is 12.8 Å². The summed E-state index contributed by atoms with van der Waals surface area (Å²) in [6, 6.07) is 0. The lowest BCUT2D eigenvalue weighted by Crippen LogP contribution is -2.76. The van der Waals surface area contributed by atoms with Crippen LogP contribution in [0.2, 0.25) is 0 Å². The quantitative estimate of drug-likeness (QED) is 0.575. The van der Waals surface area contributed by atoms with Gasteiger partial charge in [0.2, 0.25) is 0 Å². The fourth-order valence-electron chi connectivity index (χ4n) is 4.13. The van der Waals surface area contributed by atoms with E-state index in [0.29, 0.717) is 6.42 Å². The molecule has 8 heteroatoms. The Labute approximate surface area is 110 Å². The van der Waals surface area contributed by atoms with Crippen molar-refractivity contribution < 1.29 is 35.8 Å². The predicted octanol–water partition coefficient (Wildman–Crippen LogP) is 3.43. The Morgan fingerprint density at radius 1 is 1.10 bits per heavy atom. The van der Waals surface area contributed by atoms with Crippen molar-refractivity contribution in [2.75, 3.05) is 0 Å². The molecule has 1 saturated heterocycles. The topological polar surface area (TPSA) is 18.5 Å². The average Bonchev–Trinajstić information content (AvgIpc) is 2.67. The molecule has 3 fully saturated rings. The summed E-state index contributed by atoms with van der Waals surface area (Å²) in [6.45, 7) is 3.31. The summed E-state index contributed by atoms with van der Waals surface area (Å²) < 4.78 is 87.6. The van der Waals surface area contributed by atoms with Crippen LogP contribution >= 0.6 is 0 Å². The van der Waals surface area contributed by atoms with Gasteiger partial charge in [-0.15, -0.1) is 0 Å². The minimum Gasteiger partial charge on any atom is -0.498 e. The Bertz CT molecular complexity index is 415. The van der Waals surface area contributed by atoms with Gasteiger partial charge in [0.1, 0.15) is 6.10 Å². The normalized spacial score (nSPS) is 42.0. The second-order valence-electron chi connectivity index (χ2n) is 5.58. The lowest BCUT2D eigenvalue weighted by atomic mass is 9.67. The molecule has 20 heavy (non-hydrogen) atoms. The zero-order valence-electron chi connectivity index (χ0n) is 10.2. The standard InChI is InChI=1S/C12H12F6O2/c1-2-19-7-4-5-3-6(7)8-9(5)20-10(8,11(13,14)15)12(16,17)18/h2,5-9H,1,3-4H2/t5-,6-,7?,8?,9?/m1/s1. The zero-order valence-corrected chi connectivity index (χ0v) is 10.2. The third-order valence-corrected chi connectivity index (χ3v) is 4.77. The first-order valence-electron chi connectivity index (χ1n) is 6.21. The Morgan fingerprint density at radius 3 is 2.20 bits per heavy atom. The van der Waals surface area contributed by atoms with Gasteiger partial charge in [-0.2, -0.15) is 26.3 Å². The summed E-state index contributed by atoms with van der Waals surface area (Å²) in [4.78, 5) is 0. The average molecular weight is 302 g/mol. The van der Waals surface area contributed by atoms with Gasteiger partial charge in [-0.3, -0.25) is 0 Å². The highest BCUT2D eigenvalue weighted by Crippen LogP contribution is 2.69. The molecule has 0 aromatic carbocycles. The van der Waals surface area contributed by atoms with Gasteiger partial charge in [0.15, 0.2) is 0 Å². The number of halogens is 6. The zero-order chi connectivity index (χ0) is 14.9. The van der Waals surface area contributed by atoms with Crippen LogP contribution in [0.5, 0.6) is 0 Å². The first-order chi connectivity index (χ1) is 9.13. The molecular weight excluding hydrogens is 290 g/mol. The predicted molar refractivity (Wildman–Crippen MR) is 54.5 cm³/mol. The third-order valence-electron chi connectivity index (χ3n) is 4.77. The number of hydrogen-bond donors (Lipinski definition) is 0. The number of ether oxygens (including phenoxy) is 2. The molecule has 0 aromatic rings. The van der Waals surface area contributed by atoms with E-state index in [2.05, 4.69) is 11.3 Å². The van der Waals surface area contributed by atoms with Gasteiger partial charge >= 0.3 is 12.4 Å². The molecule has 3 unspecified atom stereocenters. The van der Waals surface area contributed by atoms with Crippen molar-refractivity contribution in [1.82, 2.24) is 0 Å². The second kappa shape index (κ2) is 3.84. The number of rotatable bonds is 2. The molecule has 1 heterocycles. The first-order valence-corrected chi connectivity index (χ1v) is 6.21. The van der Waals surface area contributed by atoms with Gasteiger partial charge in [0, 0.05) is 11.8 Å². The summed E-state index contributed by atoms with van der Waals surface area (Å²) in [7, 11) is 0. The molecule has 0 N–H and O–H groups in total. The van der Waals surface area contributed by atoms with Crippen molar-refractivity contribution in [3.05, 3.63) is 12.8 Å². The Hall–Kier alpha value is -0.920. The molecule has 3 aliphatic rings. The Morgan fingerprint density at radius 2 is 1.70 bits per heavy atom. The molecule has 0 radical (unpaired) electrons. The molecular formula is C12H12F6O2. The third kappa shape index (κ3) is 1.46. The summed E-state index contributed by atoms with van der Waals surface area (Å²) >= 11 is 0. The molecule has 1 aliphatic heterocycles. The molecule has 114 valence electrons. The minimum absolute atomic E-state index is 0.280. The minimum atomic E-state index is -5.48. The fourth-order valence-corrected chi connectivity index (χ4v) is 4.13. The molecule has 0 aromatic heterocycles. The van der Waals surface area contributed by atoms with Crippen LogP contribution in [0.3, 0.4) is 0 Å². The SMILES string of the molecule is C=COC1C[C@H]2C[C@H]1C1C2OC1(C(F)(F)F)C(F)(F)F. The lowest BCUT2D eigenvalue weighted by Gasteiger charge is -2.57. The first kappa shape index (κ1) is 14.0. The van der Waals surface area contributed by atoms with Crippen LogP contribution in [0, 0.1) is 17.8 Å². The van der Waals surface area contributed by atoms with Crippen LogP contribution in [0.4, 0.5) is 26.3 Å². The number of hydrogen-bond acceptors (Lipinski definition) is 2. The second-order valence-corrected chi connectivity index (χ2v) is 5.58. The summed E-state index contributed by atoms with van der Waals surface area (Å²) in [5.41, 5.74) is -4.03. The van der Waals surface area contributed by atoms with E-state index < -0.39 is 42.0 Å². The maximum Gasteiger partial charge on any atom is 0.426 e. The highest BCUT2D eigenvalue weighted by Gasteiger charge is 2.87. The van der Waals surface area contributed by atoms with Crippen LogP contribution in [0.25, 0.3) is 0 Å². The van der Waals surface area contributed by atoms with Crippen LogP contribution in [-0.4, -0.2) is 30.2 Å². The Balaban J connectivity index is 1.96. The van der Waals surface area contributed by atoms with E-state index in [1.165, 1.54) is 0 Å². The van der Waals surface area contributed by atoms with Gasteiger partial charge in [0.25, 0.3) is 5.60 Å². The molecule has 2 aliphatic carbocycles. The van der Waals surface area contributed by atoms with Gasteiger partial charge < -0.3 is 9.47 Å². The molecule has 5 atom stereocenters. The monoisotopic (exact) mass is 302 g/mol. The number of fused-ring (bicyclic) bond motifs is 5. The smallest absolute Gasteiger partial charge is 0.426 e. The molecule has 0 amide bonds. The van der Waals surface area contributed by atoms with E-state index in [9.17, 15) is 26.3 Å². The van der Waals surface area contributed by atoms with E-state index in [1.807, 2.05) is 0 Å². The summed E-state index contributed by atoms with van der Waals surface area (Å²) in [5.74, 6) is -2.70. The maximum atomic E-state index is 13.0. The molecule has 3 rings (SSSR count). The fraction of sp³-hybridized carbons (Fsp3) is 0.833.